The van der Waals surface area contributed by atoms with Crippen LogP contribution < -0.4 is 0 Å². The van der Waals surface area contributed by atoms with Gasteiger partial charge in [0.05, 0.1) is 0 Å². The average Bonchev–Trinajstić information content (AvgIpc) is 2.08. The Morgan fingerprint density at radius 1 is 1.46 bits per heavy atom. The molecule has 0 fully saturated rings. The van der Waals surface area contributed by atoms with Gasteiger partial charge >= 0.3 is 0 Å². The van der Waals surface area contributed by atoms with Crippen molar-refractivity contribution in [1.82, 2.24) is 0 Å². The fourth-order valence-corrected chi connectivity index (χ4v) is 1.73. The zero-order valence-electron chi connectivity index (χ0n) is 8.15. The molecule has 0 saturated heterocycles. The number of hydrogen-bond acceptors (Lipinski definition) is 1. The van der Waals surface area contributed by atoms with Gasteiger partial charge in [-0.05, 0) is 43.5 Å². The summed E-state index contributed by atoms with van der Waals surface area (Å²) >= 11 is 3.46. The number of rotatable bonds is 2. The monoisotopic (exact) mass is 240 g/mol. The molecule has 0 amide bonds. The summed E-state index contributed by atoms with van der Waals surface area (Å²) in [6.45, 7) is 5.67. The molecular formula is C11H13BrO. The third-order valence-corrected chi connectivity index (χ3v) is 3.00. The molecule has 0 unspecified atom stereocenters. The van der Waals surface area contributed by atoms with Crippen LogP contribution in [0.25, 0.3) is 0 Å². The maximum Gasteiger partial charge on any atom is 0.160 e. The van der Waals surface area contributed by atoms with Gasteiger partial charge in [0, 0.05) is 10.0 Å². The van der Waals surface area contributed by atoms with Gasteiger partial charge in [-0.1, -0.05) is 22.9 Å². The van der Waals surface area contributed by atoms with Crippen molar-refractivity contribution in [2.45, 2.75) is 27.2 Å². The van der Waals surface area contributed by atoms with Crippen LogP contribution in [0, 0.1) is 6.92 Å². The van der Waals surface area contributed by atoms with E-state index in [9.17, 15) is 4.79 Å². The summed E-state index contributed by atoms with van der Waals surface area (Å²) < 4.78 is 1.08. The molecule has 1 aromatic carbocycles. The Morgan fingerprint density at radius 2 is 2.08 bits per heavy atom. The molecule has 1 rings (SSSR count). The Kier molecular flexibility index (Phi) is 3.26. The minimum absolute atomic E-state index is 0.146. The first-order chi connectivity index (χ1) is 6.06. The standard InChI is InChI=1S/C11H13BrO/c1-4-9-6-11(12)7(2)5-10(9)8(3)13/h5-6H,4H2,1-3H3. The van der Waals surface area contributed by atoms with Crippen molar-refractivity contribution in [3.63, 3.8) is 0 Å². The lowest BCUT2D eigenvalue weighted by molar-refractivity contribution is 0.101. The Labute approximate surface area is 87.3 Å². The second-order valence-electron chi connectivity index (χ2n) is 3.17. The number of aryl methyl sites for hydroxylation is 2. The molecule has 0 bridgehead atoms. The molecule has 0 heterocycles. The van der Waals surface area contributed by atoms with E-state index in [0.29, 0.717) is 0 Å². The van der Waals surface area contributed by atoms with Crippen LogP contribution in [0.1, 0.15) is 35.3 Å². The van der Waals surface area contributed by atoms with Crippen LogP contribution in [-0.4, -0.2) is 5.78 Å². The van der Waals surface area contributed by atoms with Gasteiger partial charge in [-0.3, -0.25) is 4.79 Å². The van der Waals surface area contributed by atoms with E-state index >= 15 is 0 Å². The fraction of sp³-hybridized carbons (Fsp3) is 0.364. The molecule has 0 spiro atoms. The lowest BCUT2D eigenvalue weighted by atomic mass is 10.00. The number of ketones is 1. The van der Waals surface area contributed by atoms with Gasteiger partial charge in [0.1, 0.15) is 0 Å². The highest BCUT2D eigenvalue weighted by Crippen LogP contribution is 2.22. The van der Waals surface area contributed by atoms with Crippen LogP contribution in [0.2, 0.25) is 0 Å². The summed E-state index contributed by atoms with van der Waals surface area (Å²) in [4.78, 5) is 11.3. The largest absolute Gasteiger partial charge is 0.295 e. The molecule has 0 aliphatic carbocycles. The molecule has 70 valence electrons. The number of carbonyl (C=O) groups is 1. The van der Waals surface area contributed by atoms with Crippen LogP contribution in [0.5, 0.6) is 0 Å². The molecule has 0 aliphatic heterocycles. The van der Waals surface area contributed by atoms with Crippen molar-refractivity contribution in [2.75, 3.05) is 0 Å². The molecule has 0 N–H and O–H groups in total. The number of Topliss-reactive ketones (excluding diaryl/α,β-unsaturated/α-hetero) is 1. The normalized spacial score (nSPS) is 10.2. The van der Waals surface area contributed by atoms with Crippen LogP contribution in [0.15, 0.2) is 16.6 Å². The van der Waals surface area contributed by atoms with Crippen LogP contribution in [-0.2, 0) is 6.42 Å². The third-order valence-electron chi connectivity index (χ3n) is 2.14. The van der Waals surface area contributed by atoms with E-state index in [-0.39, 0.29) is 5.78 Å². The van der Waals surface area contributed by atoms with Crippen molar-refractivity contribution in [3.05, 3.63) is 33.3 Å². The Hall–Kier alpha value is -0.630. The lowest BCUT2D eigenvalue weighted by Gasteiger charge is -2.07. The predicted molar refractivity (Wildman–Crippen MR) is 58.3 cm³/mol. The van der Waals surface area contributed by atoms with Crippen molar-refractivity contribution in [1.29, 1.82) is 0 Å². The number of carbonyl (C=O) groups excluding carboxylic acids is 1. The molecule has 0 saturated carbocycles. The average molecular weight is 241 g/mol. The van der Waals surface area contributed by atoms with E-state index in [2.05, 4.69) is 22.9 Å². The molecule has 0 aliphatic rings. The molecule has 1 nitrogen and oxygen atoms in total. The van der Waals surface area contributed by atoms with E-state index in [1.807, 2.05) is 19.1 Å². The SMILES string of the molecule is CCc1cc(Br)c(C)cc1C(C)=O. The second kappa shape index (κ2) is 4.05. The summed E-state index contributed by atoms with van der Waals surface area (Å²) in [5, 5.41) is 0. The summed E-state index contributed by atoms with van der Waals surface area (Å²) in [6, 6.07) is 3.98. The van der Waals surface area contributed by atoms with Gasteiger partial charge in [-0.25, -0.2) is 0 Å². The highest BCUT2D eigenvalue weighted by Gasteiger charge is 2.07. The number of benzene rings is 1. The van der Waals surface area contributed by atoms with Gasteiger partial charge in [0.2, 0.25) is 0 Å². The lowest BCUT2D eigenvalue weighted by Crippen LogP contribution is -1.99. The van der Waals surface area contributed by atoms with Gasteiger partial charge in [0.15, 0.2) is 5.78 Å². The highest BCUT2D eigenvalue weighted by atomic mass is 79.9. The summed E-state index contributed by atoms with van der Waals surface area (Å²) in [5.74, 6) is 0.146. The minimum Gasteiger partial charge on any atom is -0.295 e. The summed E-state index contributed by atoms with van der Waals surface area (Å²) in [7, 11) is 0. The molecular weight excluding hydrogens is 228 g/mol. The predicted octanol–water partition coefficient (Wildman–Crippen LogP) is 3.52. The van der Waals surface area contributed by atoms with Gasteiger partial charge in [0.25, 0.3) is 0 Å². The van der Waals surface area contributed by atoms with Crippen molar-refractivity contribution in [2.24, 2.45) is 0 Å². The van der Waals surface area contributed by atoms with Crippen molar-refractivity contribution < 1.29 is 4.79 Å². The van der Waals surface area contributed by atoms with E-state index in [4.69, 9.17) is 0 Å². The topological polar surface area (TPSA) is 17.1 Å². The molecule has 2 heteroatoms. The van der Waals surface area contributed by atoms with E-state index in [1.54, 1.807) is 6.92 Å². The second-order valence-corrected chi connectivity index (χ2v) is 4.02. The summed E-state index contributed by atoms with van der Waals surface area (Å²) in [5.41, 5.74) is 3.08. The van der Waals surface area contributed by atoms with Crippen molar-refractivity contribution in [3.8, 4) is 0 Å². The molecule has 1 aromatic rings. The van der Waals surface area contributed by atoms with Gasteiger partial charge in [-0.15, -0.1) is 0 Å². The highest BCUT2D eigenvalue weighted by molar-refractivity contribution is 9.10. The number of hydrogen-bond donors (Lipinski definition) is 0. The van der Waals surface area contributed by atoms with Crippen molar-refractivity contribution >= 4 is 21.7 Å². The first-order valence-electron chi connectivity index (χ1n) is 4.36. The van der Waals surface area contributed by atoms with E-state index in [0.717, 1.165) is 27.6 Å². The quantitative estimate of drug-likeness (QED) is 0.724. The Bertz CT molecular complexity index is 342. The molecule has 0 atom stereocenters. The smallest absolute Gasteiger partial charge is 0.160 e. The zero-order chi connectivity index (χ0) is 10.0. The van der Waals surface area contributed by atoms with Gasteiger partial charge < -0.3 is 0 Å². The maximum atomic E-state index is 11.3. The summed E-state index contributed by atoms with van der Waals surface area (Å²) in [6.07, 6.45) is 0.897. The van der Waals surface area contributed by atoms with Gasteiger partial charge in [-0.2, -0.15) is 0 Å². The Morgan fingerprint density at radius 3 is 2.54 bits per heavy atom. The maximum absolute atomic E-state index is 11.3. The molecule has 13 heavy (non-hydrogen) atoms. The minimum atomic E-state index is 0.146. The number of halogens is 1. The Balaban J connectivity index is 3.33. The van der Waals surface area contributed by atoms with Crippen LogP contribution >= 0.6 is 15.9 Å². The first-order valence-corrected chi connectivity index (χ1v) is 5.15. The fourth-order valence-electron chi connectivity index (χ4n) is 1.34. The van der Waals surface area contributed by atoms with Crippen LogP contribution in [0.3, 0.4) is 0 Å². The first kappa shape index (κ1) is 10.5. The molecule has 0 radical (unpaired) electrons. The van der Waals surface area contributed by atoms with E-state index < -0.39 is 0 Å². The van der Waals surface area contributed by atoms with E-state index in [1.165, 1.54) is 0 Å². The third kappa shape index (κ3) is 2.19. The van der Waals surface area contributed by atoms with Crippen LogP contribution in [0.4, 0.5) is 0 Å². The molecule has 0 aromatic heterocycles. The zero-order valence-corrected chi connectivity index (χ0v) is 9.73.